The van der Waals surface area contributed by atoms with Gasteiger partial charge in [0.05, 0.1) is 12.9 Å². The Labute approximate surface area is 148 Å². The highest BCUT2D eigenvalue weighted by molar-refractivity contribution is 7.97. The van der Waals surface area contributed by atoms with Crippen LogP contribution in [-0.4, -0.2) is 17.3 Å². The summed E-state index contributed by atoms with van der Waals surface area (Å²) >= 11 is 1.52. The molecule has 0 amide bonds. The molecule has 0 spiro atoms. The number of thioether (sulfide) groups is 1. The maximum Gasteiger partial charge on any atom is 0.236 e. The Bertz CT molecular complexity index is 883. The smallest absolute Gasteiger partial charge is 0.236 e. The summed E-state index contributed by atoms with van der Waals surface area (Å²) in [5.41, 5.74) is 1.97. The van der Waals surface area contributed by atoms with E-state index in [0.29, 0.717) is 34.3 Å². The predicted octanol–water partition coefficient (Wildman–Crippen LogP) is 4.77. The molecular weight excluding hydrogens is 346 g/mol. The number of methoxy groups -OCH3 is 1. The molecule has 25 heavy (non-hydrogen) atoms. The second kappa shape index (κ2) is 7.65. The molecule has 130 valence electrons. The Morgan fingerprint density at radius 3 is 2.64 bits per heavy atom. The normalized spacial score (nSPS) is 10.9. The minimum atomic E-state index is -0.387. The van der Waals surface area contributed by atoms with Crippen molar-refractivity contribution >= 4 is 11.8 Å². The molecule has 0 aliphatic rings. The van der Waals surface area contributed by atoms with E-state index in [2.05, 4.69) is 10.1 Å². The molecule has 3 aromatic rings. The zero-order valence-electron chi connectivity index (χ0n) is 13.8. The molecule has 7 heteroatoms. The Balaban J connectivity index is 1.60. The average Bonchev–Trinajstić information content (AvgIpc) is 3.06. The summed E-state index contributed by atoms with van der Waals surface area (Å²) in [6.45, 7) is 1.69. The van der Waals surface area contributed by atoms with Gasteiger partial charge in [-0.05, 0) is 36.2 Å². The number of hydrogen-bond donors (Lipinski definition) is 0. The third kappa shape index (κ3) is 4.17. The molecule has 3 rings (SSSR count). The highest BCUT2D eigenvalue weighted by Crippen LogP contribution is 2.24. The lowest BCUT2D eigenvalue weighted by atomic mass is 10.1. The van der Waals surface area contributed by atoms with Crippen LogP contribution in [0.5, 0.6) is 5.75 Å². The SMILES string of the molecule is COc1ccc(CSCc2nc(-c3ccc(C)c(F)c3)no2)cc1F. The summed E-state index contributed by atoms with van der Waals surface area (Å²) in [6.07, 6.45) is 0. The van der Waals surface area contributed by atoms with Gasteiger partial charge < -0.3 is 9.26 Å². The zero-order chi connectivity index (χ0) is 17.8. The first-order valence-electron chi connectivity index (χ1n) is 7.56. The van der Waals surface area contributed by atoms with E-state index in [1.807, 2.05) is 6.07 Å². The fourth-order valence-corrected chi connectivity index (χ4v) is 3.03. The topological polar surface area (TPSA) is 48.2 Å². The second-order valence-corrected chi connectivity index (χ2v) is 6.42. The van der Waals surface area contributed by atoms with E-state index in [9.17, 15) is 8.78 Å². The summed E-state index contributed by atoms with van der Waals surface area (Å²) in [5.74, 6) is 1.40. The number of hydrogen-bond acceptors (Lipinski definition) is 5. The summed E-state index contributed by atoms with van der Waals surface area (Å²) in [7, 11) is 1.43. The molecular formula is C18H16F2N2O2S. The predicted molar refractivity (Wildman–Crippen MR) is 92.4 cm³/mol. The van der Waals surface area contributed by atoms with Crippen molar-refractivity contribution in [2.24, 2.45) is 0 Å². The van der Waals surface area contributed by atoms with Gasteiger partial charge in [-0.1, -0.05) is 23.4 Å². The number of ether oxygens (including phenoxy) is 1. The van der Waals surface area contributed by atoms with Crippen LogP contribution in [0.25, 0.3) is 11.4 Å². The van der Waals surface area contributed by atoms with E-state index in [-0.39, 0.29) is 17.4 Å². The van der Waals surface area contributed by atoms with Gasteiger partial charge in [-0.3, -0.25) is 0 Å². The maximum absolute atomic E-state index is 13.6. The minimum Gasteiger partial charge on any atom is -0.494 e. The lowest BCUT2D eigenvalue weighted by molar-refractivity contribution is 0.386. The van der Waals surface area contributed by atoms with Gasteiger partial charge in [0.1, 0.15) is 5.82 Å². The van der Waals surface area contributed by atoms with Crippen molar-refractivity contribution < 1.29 is 18.0 Å². The summed E-state index contributed by atoms with van der Waals surface area (Å²) < 4.78 is 37.3. The number of halogens is 2. The van der Waals surface area contributed by atoms with Crippen LogP contribution >= 0.6 is 11.8 Å². The van der Waals surface area contributed by atoms with Crippen LogP contribution in [0, 0.1) is 18.6 Å². The van der Waals surface area contributed by atoms with Gasteiger partial charge in [0, 0.05) is 11.3 Å². The fraction of sp³-hybridized carbons (Fsp3) is 0.222. The molecule has 0 fully saturated rings. The quantitative estimate of drug-likeness (QED) is 0.632. The Morgan fingerprint density at radius 2 is 1.92 bits per heavy atom. The van der Waals surface area contributed by atoms with Gasteiger partial charge >= 0.3 is 0 Å². The molecule has 0 atom stereocenters. The summed E-state index contributed by atoms with van der Waals surface area (Å²) in [4.78, 5) is 4.27. The second-order valence-electron chi connectivity index (χ2n) is 5.44. The molecule has 2 aromatic carbocycles. The molecule has 0 aliphatic heterocycles. The van der Waals surface area contributed by atoms with Gasteiger partial charge in [-0.2, -0.15) is 4.98 Å². The summed E-state index contributed by atoms with van der Waals surface area (Å²) in [6, 6.07) is 9.66. The van der Waals surface area contributed by atoms with E-state index >= 15 is 0 Å². The first-order chi connectivity index (χ1) is 12.1. The molecule has 0 saturated heterocycles. The number of aromatic nitrogens is 2. The van der Waals surface area contributed by atoms with Crippen molar-refractivity contribution in [3.8, 4) is 17.1 Å². The van der Waals surface area contributed by atoms with Gasteiger partial charge in [0.25, 0.3) is 0 Å². The van der Waals surface area contributed by atoms with Gasteiger partial charge in [-0.15, -0.1) is 11.8 Å². The number of benzene rings is 2. The first kappa shape index (κ1) is 17.4. The number of aryl methyl sites for hydroxylation is 1. The molecule has 0 bridgehead atoms. The van der Waals surface area contributed by atoms with Crippen molar-refractivity contribution in [3.05, 3.63) is 65.1 Å². The molecule has 1 heterocycles. The van der Waals surface area contributed by atoms with Crippen LogP contribution in [0.3, 0.4) is 0 Å². The number of rotatable bonds is 6. The van der Waals surface area contributed by atoms with E-state index in [4.69, 9.17) is 9.26 Å². The van der Waals surface area contributed by atoms with Crippen LogP contribution < -0.4 is 4.74 Å². The van der Waals surface area contributed by atoms with Gasteiger partial charge in [0.2, 0.25) is 11.7 Å². The van der Waals surface area contributed by atoms with Gasteiger partial charge in [0.15, 0.2) is 11.6 Å². The fourth-order valence-electron chi connectivity index (χ4n) is 2.22. The highest BCUT2D eigenvalue weighted by Gasteiger charge is 2.11. The van der Waals surface area contributed by atoms with Crippen molar-refractivity contribution in [2.45, 2.75) is 18.4 Å². The average molecular weight is 362 g/mol. The van der Waals surface area contributed by atoms with E-state index in [0.717, 1.165) is 5.56 Å². The Kier molecular flexibility index (Phi) is 5.33. The molecule has 0 N–H and O–H groups in total. The van der Waals surface area contributed by atoms with E-state index in [1.54, 1.807) is 25.1 Å². The zero-order valence-corrected chi connectivity index (χ0v) is 14.6. The minimum absolute atomic E-state index is 0.223. The lowest BCUT2D eigenvalue weighted by Gasteiger charge is -2.04. The molecule has 4 nitrogen and oxygen atoms in total. The van der Waals surface area contributed by atoms with Crippen molar-refractivity contribution in [1.29, 1.82) is 0 Å². The third-order valence-corrected chi connectivity index (χ3v) is 4.60. The third-order valence-electron chi connectivity index (χ3n) is 3.61. The molecule has 0 aliphatic carbocycles. The summed E-state index contributed by atoms with van der Waals surface area (Å²) in [5, 5.41) is 3.88. The maximum atomic E-state index is 13.6. The van der Waals surface area contributed by atoms with Crippen molar-refractivity contribution in [1.82, 2.24) is 10.1 Å². The van der Waals surface area contributed by atoms with E-state index < -0.39 is 0 Å². The largest absolute Gasteiger partial charge is 0.494 e. The highest BCUT2D eigenvalue weighted by atomic mass is 32.2. The molecule has 0 radical (unpaired) electrons. The van der Waals surface area contributed by atoms with Gasteiger partial charge in [-0.25, -0.2) is 8.78 Å². The number of nitrogens with zero attached hydrogens (tertiary/aromatic N) is 2. The van der Waals surface area contributed by atoms with Crippen LogP contribution in [0.15, 0.2) is 40.9 Å². The first-order valence-corrected chi connectivity index (χ1v) is 8.71. The molecule has 0 unspecified atom stereocenters. The van der Waals surface area contributed by atoms with E-state index in [1.165, 1.54) is 31.0 Å². The van der Waals surface area contributed by atoms with Crippen molar-refractivity contribution in [3.63, 3.8) is 0 Å². The molecule has 0 saturated carbocycles. The van der Waals surface area contributed by atoms with Crippen LogP contribution in [0.2, 0.25) is 0 Å². The standard InChI is InChI=1S/C18H16F2N2O2S/c1-11-3-5-13(8-14(11)19)18-21-17(24-22-18)10-25-9-12-4-6-16(23-2)15(20)7-12/h3-8H,9-10H2,1-2H3. The Hall–Kier alpha value is -2.41. The van der Waals surface area contributed by atoms with Crippen LogP contribution in [0.4, 0.5) is 8.78 Å². The monoisotopic (exact) mass is 362 g/mol. The lowest BCUT2D eigenvalue weighted by Crippen LogP contribution is -1.90. The Morgan fingerprint density at radius 1 is 1.08 bits per heavy atom. The van der Waals surface area contributed by atoms with Crippen LogP contribution in [0.1, 0.15) is 17.0 Å². The van der Waals surface area contributed by atoms with Crippen molar-refractivity contribution in [2.75, 3.05) is 7.11 Å². The van der Waals surface area contributed by atoms with Crippen LogP contribution in [-0.2, 0) is 11.5 Å². The molecule has 1 aromatic heterocycles.